The number of nitrogens with zero attached hydrogens (tertiary/aromatic N) is 6. The van der Waals surface area contributed by atoms with Gasteiger partial charge in [0.25, 0.3) is 0 Å². The average molecular weight is 442 g/mol. The standard InChI is InChI=1S/C25H27N7O/c1-4-7-22-27-23(24(33)16(2)3)21(14-26)32(22)15-17-10-12-18(13-11-17)19-8-5-6-9-20(19)25-28-30-31-29-25/h5-6,8-13,16,24,33H,4,7,15H2,1-3H3,(H,28,29,30,31). The molecule has 2 N–H and O–H groups in total. The molecule has 0 aliphatic rings. The number of hydrogen-bond acceptors (Lipinski definition) is 6. The highest BCUT2D eigenvalue weighted by Gasteiger charge is 2.24. The van der Waals surface area contributed by atoms with Gasteiger partial charge in [0.05, 0.1) is 0 Å². The summed E-state index contributed by atoms with van der Waals surface area (Å²) < 4.78 is 1.94. The van der Waals surface area contributed by atoms with Crippen molar-refractivity contribution in [2.45, 2.75) is 46.3 Å². The molecule has 33 heavy (non-hydrogen) atoms. The van der Waals surface area contributed by atoms with Crippen molar-refractivity contribution in [3.63, 3.8) is 0 Å². The third-order valence-electron chi connectivity index (χ3n) is 5.70. The largest absolute Gasteiger partial charge is 0.386 e. The molecule has 168 valence electrons. The molecule has 8 heteroatoms. The minimum absolute atomic E-state index is 0.0196. The van der Waals surface area contributed by atoms with E-state index in [4.69, 9.17) is 0 Å². The monoisotopic (exact) mass is 441 g/mol. The highest BCUT2D eigenvalue weighted by Crippen LogP contribution is 2.30. The van der Waals surface area contributed by atoms with Crippen LogP contribution >= 0.6 is 0 Å². The summed E-state index contributed by atoms with van der Waals surface area (Å²) in [6, 6.07) is 18.5. The Bertz CT molecular complexity index is 1250. The molecule has 1 atom stereocenters. The summed E-state index contributed by atoms with van der Waals surface area (Å²) in [7, 11) is 0. The predicted molar refractivity (Wildman–Crippen MR) is 125 cm³/mol. The Kier molecular flexibility index (Phi) is 6.61. The first-order valence-corrected chi connectivity index (χ1v) is 11.1. The van der Waals surface area contributed by atoms with Crippen molar-refractivity contribution in [1.82, 2.24) is 30.2 Å². The minimum atomic E-state index is -0.763. The number of aryl methyl sites for hydroxylation is 1. The van der Waals surface area contributed by atoms with E-state index in [9.17, 15) is 10.4 Å². The van der Waals surface area contributed by atoms with E-state index in [1.165, 1.54) is 0 Å². The van der Waals surface area contributed by atoms with Gasteiger partial charge in [0.2, 0.25) is 0 Å². The van der Waals surface area contributed by atoms with Gasteiger partial charge in [-0.1, -0.05) is 69.3 Å². The van der Waals surface area contributed by atoms with Gasteiger partial charge in [0.15, 0.2) is 5.82 Å². The molecule has 4 aromatic rings. The molecular formula is C25H27N7O. The molecule has 0 bridgehead atoms. The van der Waals surface area contributed by atoms with Crippen LogP contribution in [0.4, 0.5) is 0 Å². The Hall–Kier alpha value is -3.83. The average Bonchev–Trinajstić information content (AvgIpc) is 3.48. The van der Waals surface area contributed by atoms with Gasteiger partial charge < -0.3 is 9.67 Å². The van der Waals surface area contributed by atoms with E-state index in [2.05, 4.69) is 62.9 Å². The van der Waals surface area contributed by atoms with Crippen LogP contribution in [0.1, 0.15) is 56.1 Å². The van der Waals surface area contributed by atoms with Crippen molar-refractivity contribution in [1.29, 1.82) is 5.26 Å². The van der Waals surface area contributed by atoms with E-state index in [-0.39, 0.29) is 5.92 Å². The van der Waals surface area contributed by atoms with Crippen LogP contribution in [-0.4, -0.2) is 35.3 Å². The Balaban J connectivity index is 1.67. The molecule has 2 heterocycles. The molecule has 0 amide bonds. The second-order valence-electron chi connectivity index (χ2n) is 8.39. The molecule has 0 aliphatic heterocycles. The summed E-state index contributed by atoms with van der Waals surface area (Å²) in [5.41, 5.74) is 4.95. The van der Waals surface area contributed by atoms with E-state index < -0.39 is 6.10 Å². The molecule has 0 spiro atoms. The van der Waals surface area contributed by atoms with Crippen molar-refractivity contribution in [3.05, 3.63) is 71.3 Å². The fraction of sp³-hybridized carbons (Fsp3) is 0.320. The number of H-pyrrole nitrogens is 1. The van der Waals surface area contributed by atoms with Crippen molar-refractivity contribution >= 4 is 0 Å². The maximum Gasteiger partial charge on any atom is 0.180 e. The number of tetrazole rings is 1. The zero-order valence-corrected chi connectivity index (χ0v) is 19.0. The molecule has 2 aromatic carbocycles. The topological polar surface area (TPSA) is 116 Å². The number of hydrogen-bond donors (Lipinski definition) is 2. The summed E-state index contributed by atoms with van der Waals surface area (Å²) in [5, 5.41) is 34.7. The number of aromatic nitrogens is 6. The highest BCUT2D eigenvalue weighted by molar-refractivity contribution is 5.80. The molecule has 0 radical (unpaired) electrons. The van der Waals surface area contributed by atoms with Crippen molar-refractivity contribution in [2.24, 2.45) is 5.92 Å². The summed E-state index contributed by atoms with van der Waals surface area (Å²) in [4.78, 5) is 4.66. The third kappa shape index (κ3) is 4.54. The molecule has 0 fully saturated rings. The first-order valence-electron chi connectivity index (χ1n) is 11.1. The second kappa shape index (κ2) is 9.76. The Labute approximate surface area is 192 Å². The molecule has 0 saturated carbocycles. The molecule has 0 saturated heterocycles. The Morgan fingerprint density at radius 2 is 1.82 bits per heavy atom. The van der Waals surface area contributed by atoms with E-state index in [1.807, 2.05) is 42.7 Å². The van der Waals surface area contributed by atoms with Gasteiger partial charge >= 0.3 is 0 Å². The maximum atomic E-state index is 10.6. The Morgan fingerprint density at radius 1 is 1.09 bits per heavy atom. The van der Waals surface area contributed by atoms with E-state index >= 15 is 0 Å². The Morgan fingerprint density at radius 3 is 2.42 bits per heavy atom. The van der Waals surface area contributed by atoms with Crippen LogP contribution in [0.2, 0.25) is 0 Å². The van der Waals surface area contributed by atoms with Crippen molar-refractivity contribution in [3.8, 4) is 28.6 Å². The van der Waals surface area contributed by atoms with Crippen LogP contribution in [0.15, 0.2) is 48.5 Å². The van der Waals surface area contributed by atoms with Gasteiger partial charge in [-0.2, -0.15) is 5.26 Å². The summed E-state index contributed by atoms with van der Waals surface area (Å²) in [5.74, 6) is 1.43. The lowest BCUT2D eigenvalue weighted by Gasteiger charge is -2.13. The minimum Gasteiger partial charge on any atom is -0.386 e. The van der Waals surface area contributed by atoms with E-state index in [0.717, 1.165) is 40.9 Å². The lowest BCUT2D eigenvalue weighted by atomic mass is 9.98. The molecule has 8 nitrogen and oxygen atoms in total. The number of aliphatic hydroxyl groups is 1. The number of imidazole rings is 1. The number of nitriles is 1. The van der Waals surface area contributed by atoms with Gasteiger partial charge in [-0.25, -0.2) is 10.1 Å². The van der Waals surface area contributed by atoms with Crippen molar-refractivity contribution in [2.75, 3.05) is 0 Å². The molecular weight excluding hydrogens is 414 g/mol. The first kappa shape index (κ1) is 22.4. The highest BCUT2D eigenvalue weighted by atomic mass is 16.3. The fourth-order valence-corrected chi connectivity index (χ4v) is 3.93. The smallest absolute Gasteiger partial charge is 0.180 e. The van der Waals surface area contributed by atoms with E-state index in [1.54, 1.807) is 0 Å². The number of aromatic amines is 1. The number of benzene rings is 2. The van der Waals surface area contributed by atoms with E-state index in [0.29, 0.717) is 23.8 Å². The third-order valence-corrected chi connectivity index (χ3v) is 5.70. The first-order chi connectivity index (χ1) is 16.0. The molecule has 1 unspecified atom stereocenters. The quantitative estimate of drug-likeness (QED) is 0.421. The zero-order chi connectivity index (χ0) is 23.4. The van der Waals surface area contributed by atoms with Gasteiger partial charge in [-0.15, -0.1) is 5.10 Å². The predicted octanol–water partition coefficient (Wildman–Crippen LogP) is 4.29. The summed E-state index contributed by atoms with van der Waals surface area (Å²) >= 11 is 0. The molecule has 4 rings (SSSR count). The van der Waals surface area contributed by atoms with Gasteiger partial charge in [-0.05, 0) is 39.5 Å². The zero-order valence-electron chi connectivity index (χ0n) is 19.0. The van der Waals surface area contributed by atoms with Crippen LogP contribution in [0.3, 0.4) is 0 Å². The fourth-order valence-electron chi connectivity index (χ4n) is 3.93. The number of rotatable bonds is 8. The lowest BCUT2D eigenvalue weighted by molar-refractivity contribution is 0.122. The van der Waals surface area contributed by atoms with Gasteiger partial charge in [0, 0.05) is 18.5 Å². The SMILES string of the molecule is CCCc1nc(C(O)C(C)C)c(C#N)n1Cc1ccc(-c2ccccc2-c2nnn[nH]2)cc1. The van der Waals surface area contributed by atoms with Gasteiger partial charge in [-0.3, -0.25) is 0 Å². The normalized spacial score (nSPS) is 12.1. The van der Waals surface area contributed by atoms with Crippen LogP contribution in [-0.2, 0) is 13.0 Å². The summed E-state index contributed by atoms with van der Waals surface area (Å²) in [6.07, 6.45) is 0.891. The van der Waals surface area contributed by atoms with Crippen LogP contribution in [0, 0.1) is 17.2 Å². The lowest BCUT2D eigenvalue weighted by Crippen LogP contribution is -2.10. The van der Waals surface area contributed by atoms with Crippen LogP contribution in [0.5, 0.6) is 0 Å². The maximum absolute atomic E-state index is 10.6. The number of aliphatic hydroxyl groups excluding tert-OH is 1. The van der Waals surface area contributed by atoms with Crippen LogP contribution < -0.4 is 0 Å². The molecule has 2 aromatic heterocycles. The summed E-state index contributed by atoms with van der Waals surface area (Å²) in [6.45, 7) is 6.45. The second-order valence-corrected chi connectivity index (χ2v) is 8.39. The number of nitrogens with one attached hydrogen (secondary N) is 1. The van der Waals surface area contributed by atoms with Gasteiger partial charge in [0.1, 0.15) is 29.4 Å². The molecule has 0 aliphatic carbocycles. The van der Waals surface area contributed by atoms with Crippen molar-refractivity contribution < 1.29 is 5.11 Å². The van der Waals surface area contributed by atoms with Crippen LogP contribution in [0.25, 0.3) is 22.5 Å².